The van der Waals surface area contributed by atoms with Crippen molar-refractivity contribution in [3.05, 3.63) is 29.3 Å². The maximum absolute atomic E-state index is 11.2. The third-order valence-electron chi connectivity index (χ3n) is 3.17. The number of rotatable bonds is 6. The molecular formula is C15H24N2O2. The first-order chi connectivity index (χ1) is 8.90. The average Bonchev–Trinajstić information content (AvgIpc) is 2.38. The number of nitrogens with two attached hydrogens (primary N) is 1. The van der Waals surface area contributed by atoms with Gasteiger partial charge in [-0.3, -0.25) is 4.79 Å². The minimum atomic E-state index is -0.139. The van der Waals surface area contributed by atoms with Crippen LogP contribution in [0.3, 0.4) is 0 Å². The van der Waals surface area contributed by atoms with Crippen molar-refractivity contribution < 1.29 is 9.53 Å². The van der Waals surface area contributed by atoms with E-state index in [1.165, 1.54) is 5.56 Å². The van der Waals surface area contributed by atoms with Crippen molar-refractivity contribution in [1.82, 2.24) is 5.32 Å². The van der Waals surface area contributed by atoms with Gasteiger partial charge >= 0.3 is 0 Å². The van der Waals surface area contributed by atoms with Gasteiger partial charge in [-0.25, -0.2) is 0 Å². The molecule has 1 aromatic carbocycles. The molecule has 0 atom stereocenters. The van der Waals surface area contributed by atoms with Gasteiger partial charge in [0.25, 0.3) is 0 Å². The molecule has 0 aliphatic heterocycles. The van der Waals surface area contributed by atoms with E-state index in [4.69, 9.17) is 10.5 Å². The summed E-state index contributed by atoms with van der Waals surface area (Å²) in [7, 11) is 0. The number of hydrogen-bond acceptors (Lipinski definition) is 3. The minimum Gasteiger partial charge on any atom is -0.494 e. The van der Waals surface area contributed by atoms with Crippen LogP contribution in [0.1, 0.15) is 31.9 Å². The van der Waals surface area contributed by atoms with E-state index in [1.807, 2.05) is 26.0 Å². The molecule has 19 heavy (non-hydrogen) atoms. The predicted molar refractivity (Wildman–Crippen MR) is 77.4 cm³/mol. The van der Waals surface area contributed by atoms with Crippen molar-refractivity contribution >= 4 is 5.91 Å². The van der Waals surface area contributed by atoms with E-state index in [1.54, 1.807) is 0 Å². The topological polar surface area (TPSA) is 64.3 Å². The first-order valence-corrected chi connectivity index (χ1v) is 6.61. The Bertz CT molecular complexity index is 442. The minimum absolute atomic E-state index is 0.0262. The molecule has 0 saturated carbocycles. The average molecular weight is 264 g/mol. The zero-order valence-electron chi connectivity index (χ0n) is 12.2. The largest absolute Gasteiger partial charge is 0.494 e. The van der Waals surface area contributed by atoms with Gasteiger partial charge in [-0.15, -0.1) is 0 Å². The van der Waals surface area contributed by atoms with Crippen molar-refractivity contribution in [2.24, 2.45) is 5.73 Å². The third-order valence-corrected chi connectivity index (χ3v) is 3.17. The van der Waals surface area contributed by atoms with Gasteiger partial charge in [0.15, 0.2) is 0 Å². The molecule has 3 N–H and O–H groups in total. The molecule has 0 radical (unpaired) electrons. The monoisotopic (exact) mass is 264 g/mol. The van der Waals surface area contributed by atoms with Gasteiger partial charge in [-0.05, 0) is 31.0 Å². The van der Waals surface area contributed by atoms with Crippen molar-refractivity contribution in [3.63, 3.8) is 0 Å². The number of benzene rings is 1. The summed E-state index contributed by atoms with van der Waals surface area (Å²) in [5.41, 5.74) is 7.43. The number of hydrogen-bond donors (Lipinski definition) is 2. The molecule has 1 amide bonds. The normalized spacial score (nSPS) is 11.2. The first kappa shape index (κ1) is 15.5. The Kier molecular flexibility index (Phi) is 5.36. The summed E-state index contributed by atoms with van der Waals surface area (Å²) in [6.45, 7) is 9.45. The zero-order valence-corrected chi connectivity index (χ0v) is 12.2. The molecule has 0 bridgehead atoms. The smallest absolute Gasteiger partial charge is 0.233 e. The van der Waals surface area contributed by atoms with Crippen LogP contribution in [0.4, 0.5) is 0 Å². The molecular weight excluding hydrogens is 240 g/mol. The number of ether oxygens (including phenoxy) is 1. The van der Waals surface area contributed by atoms with Gasteiger partial charge < -0.3 is 15.8 Å². The van der Waals surface area contributed by atoms with Crippen molar-refractivity contribution in [3.8, 4) is 5.75 Å². The molecule has 0 heterocycles. The van der Waals surface area contributed by atoms with E-state index >= 15 is 0 Å². The summed E-state index contributed by atoms with van der Waals surface area (Å²) in [6.07, 6.45) is 0. The lowest BCUT2D eigenvalue weighted by atomic mass is 9.83. The van der Waals surface area contributed by atoms with Crippen LogP contribution in [0, 0.1) is 6.92 Å². The van der Waals surface area contributed by atoms with Crippen LogP contribution in [0.5, 0.6) is 5.75 Å². The van der Waals surface area contributed by atoms with Gasteiger partial charge in [0, 0.05) is 12.0 Å². The molecule has 106 valence electrons. The lowest BCUT2D eigenvalue weighted by Crippen LogP contribution is -2.39. The SMILES string of the molecule is CCOc1ccc(C(C)(C)CNC(=O)CN)cc1C. The van der Waals surface area contributed by atoms with Gasteiger partial charge in [-0.2, -0.15) is 0 Å². The Labute approximate surface area is 115 Å². The molecule has 0 aromatic heterocycles. The maximum Gasteiger partial charge on any atom is 0.233 e. The molecule has 4 heteroatoms. The van der Waals surface area contributed by atoms with E-state index in [9.17, 15) is 4.79 Å². The summed E-state index contributed by atoms with van der Waals surface area (Å²) in [6, 6.07) is 6.15. The van der Waals surface area contributed by atoms with Crippen LogP contribution < -0.4 is 15.8 Å². The molecule has 0 spiro atoms. The molecule has 0 fully saturated rings. The second kappa shape index (κ2) is 6.57. The standard InChI is InChI=1S/C15H24N2O2/c1-5-19-13-7-6-12(8-11(13)2)15(3,4)10-17-14(18)9-16/h6-8H,5,9-10,16H2,1-4H3,(H,17,18). The highest BCUT2D eigenvalue weighted by atomic mass is 16.5. The zero-order chi connectivity index (χ0) is 14.5. The Morgan fingerprint density at radius 1 is 1.42 bits per heavy atom. The molecule has 0 unspecified atom stereocenters. The third kappa shape index (κ3) is 4.24. The highest BCUT2D eigenvalue weighted by Gasteiger charge is 2.22. The maximum atomic E-state index is 11.2. The van der Waals surface area contributed by atoms with Crippen molar-refractivity contribution in [2.75, 3.05) is 19.7 Å². The Hall–Kier alpha value is -1.55. The molecule has 4 nitrogen and oxygen atoms in total. The summed E-state index contributed by atoms with van der Waals surface area (Å²) in [5.74, 6) is 0.781. The fourth-order valence-electron chi connectivity index (χ4n) is 1.88. The number of nitrogens with one attached hydrogen (secondary N) is 1. The van der Waals surface area contributed by atoms with E-state index < -0.39 is 0 Å². The van der Waals surface area contributed by atoms with Crippen LogP contribution in [0.2, 0.25) is 0 Å². The van der Waals surface area contributed by atoms with Gasteiger partial charge in [-0.1, -0.05) is 26.0 Å². The highest BCUT2D eigenvalue weighted by Crippen LogP contribution is 2.27. The van der Waals surface area contributed by atoms with Gasteiger partial charge in [0.05, 0.1) is 13.2 Å². The van der Waals surface area contributed by atoms with E-state index in [2.05, 4.69) is 25.2 Å². The number of carbonyl (C=O) groups is 1. The van der Waals surface area contributed by atoms with E-state index in [-0.39, 0.29) is 17.9 Å². The molecule has 0 aliphatic rings. The molecule has 1 rings (SSSR count). The Morgan fingerprint density at radius 2 is 2.11 bits per heavy atom. The summed E-state index contributed by atoms with van der Waals surface area (Å²) >= 11 is 0. The van der Waals surface area contributed by atoms with Crippen LogP contribution in [0.25, 0.3) is 0 Å². The lowest BCUT2D eigenvalue weighted by molar-refractivity contribution is -0.119. The summed E-state index contributed by atoms with van der Waals surface area (Å²) < 4.78 is 5.53. The van der Waals surface area contributed by atoms with Crippen LogP contribution >= 0.6 is 0 Å². The molecule has 0 aliphatic carbocycles. The Balaban J connectivity index is 2.83. The van der Waals surface area contributed by atoms with Crippen LogP contribution in [-0.4, -0.2) is 25.6 Å². The predicted octanol–water partition coefficient (Wildman–Crippen LogP) is 1.75. The fourth-order valence-corrected chi connectivity index (χ4v) is 1.88. The Morgan fingerprint density at radius 3 is 2.63 bits per heavy atom. The highest BCUT2D eigenvalue weighted by molar-refractivity contribution is 5.77. The number of aryl methyl sites for hydroxylation is 1. The van der Waals surface area contributed by atoms with Gasteiger partial charge in [0.2, 0.25) is 5.91 Å². The second-order valence-corrected chi connectivity index (χ2v) is 5.28. The summed E-state index contributed by atoms with van der Waals surface area (Å²) in [4.78, 5) is 11.2. The summed E-state index contributed by atoms with van der Waals surface area (Å²) in [5, 5.41) is 2.84. The van der Waals surface area contributed by atoms with Crippen LogP contribution in [0.15, 0.2) is 18.2 Å². The van der Waals surface area contributed by atoms with Crippen LogP contribution in [-0.2, 0) is 10.2 Å². The van der Waals surface area contributed by atoms with E-state index in [0.29, 0.717) is 13.2 Å². The van der Waals surface area contributed by atoms with Gasteiger partial charge in [0.1, 0.15) is 5.75 Å². The second-order valence-electron chi connectivity index (χ2n) is 5.28. The molecule has 0 saturated heterocycles. The first-order valence-electron chi connectivity index (χ1n) is 6.61. The lowest BCUT2D eigenvalue weighted by Gasteiger charge is -2.26. The quantitative estimate of drug-likeness (QED) is 0.822. The van der Waals surface area contributed by atoms with Crippen molar-refractivity contribution in [1.29, 1.82) is 0 Å². The number of amides is 1. The van der Waals surface area contributed by atoms with Crippen molar-refractivity contribution in [2.45, 2.75) is 33.1 Å². The van der Waals surface area contributed by atoms with E-state index in [0.717, 1.165) is 11.3 Å². The fraction of sp³-hybridized carbons (Fsp3) is 0.533. The molecule has 1 aromatic rings. The number of carbonyl (C=O) groups excluding carboxylic acids is 1.